The number of fused-ring (bicyclic) bond motifs is 1. The van der Waals surface area contributed by atoms with Crippen LogP contribution in [0.4, 0.5) is 0 Å². The van der Waals surface area contributed by atoms with Crippen LogP contribution in [0.2, 0.25) is 0 Å². The smallest absolute Gasteiger partial charge is 0.329 e. The number of aromatic nitrogens is 4. The molecule has 11 heteroatoms. The fourth-order valence-corrected chi connectivity index (χ4v) is 4.59. The summed E-state index contributed by atoms with van der Waals surface area (Å²) in [6, 6.07) is 18.9. The Morgan fingerprint density at radius 2 is 1.75 bits per heavy atom. The zero-order valence-corrected chi connectivity index (χ0v) is 22.9. The van der Waals surface area contributed by atoms with E-state index in [9.17, 15) is 14.4 Å². The minimum absolute atomic E-state index is 0. The van der Waals surface area contributed by atoms with Crippen LogP contribution in [0.5, 0.6) is 11.5 Å². The molecule has 1 amide bonds. The number of rotatable bonds is 8. The largest absolute Gasteiger partial charge is 0.493 e. The first kappa shape index (κ1) is 28.2. The number of carbonyl (C=O) groups excluding carboxylic acids is 2. The van der Waals surface area contributed by atoms with E-state index in [0.717, 1.165) is 22.3 Å². The Bertz CT molecular complexity index is 1710. The summed E-state index contributed by atoms with van der Waals surface area (Å²) >= 11 is 0. The molecule has 0 radical (unpaired) electrons. The van der Waals surface area contributed by atoms with Crippen molar-refractivity contribution in [3.8, 4) is 22.8 Å². The van der Waals surface area contributed by atoms with E-state index in [2.05, 4.69) is 15.3 Å². The molecule has 10 nitrogen and oxygen atoms in total. The average Bonchev–Trinajstić information content (AvgIpc) is 3.57. The minimum atomic E-state index is -0.931. The summed E-state index contributed by atoms with van der Waals surface area (Å²) in [5.41, 5.74) is 4.09. The fraction of sp³-hybridized carbons (Fsp3) is 0.172. The molecule has 0 saturated heterocycles. The van der Waals surface area contributed by atoms with Crippen LogP contribution in [0, 0.1) is 0 Å². The fourth-order valence-electron chi connectivity index (χ4n) is 4.59. The van der Waals surface area contributed by atoms with Gasteiger partial charge in [0.15, 0.2) is 11.5 Å². The van der Waals surface area contributed by atoms with E-state index in [1.807, 2.05) is 48.5 Å². The molecule has 2 N–H and O–H groups in total. The second-order valence-electron chi connectivity index (χ2n) is 8.98. The Balaban J connectivity index is 0.00000370. The Morgan fingerprint density at radius 1 is 1.02 bits per heavy atom. The second kappa shape index (κ2) is 11.9. The first-order valence-electron chi connectivity index (χ1n) is 12.3. The highest BCUT2D eigenvalue weighted by atomic mass is 35.5. The summed E-state index contributed by atoms with van der Waals surface area (Å²) < 4.78 is 13.6. The summed E-state index contributed by atoms with van der Waals surface area (Å²) in [4.78, 5) is 45.8. The number of halogens is 1. The lowest BCUT2D eigenvalue weighted by Gasteiger charge is -2.20. The lowest BCUT2D eigenvalue weighted by molar-refractivity contribution is -0.132. The number of nitrogens with zero attached hydrogens (tertiary/aromatic N) is 3. The molecule has 0 spiro atoms. The number of benzene rings is 3. The van der Waals surface area contributed by atoms with E-state index < -0.39 is 12.0 Å². The number of hydrogen-bond donors (Lipinski definition) is 2. The van der Waals surface area contributed by atoms with E-state index in [1.165, 1.54) is 23.2 Å². The number of carbonyl (C=O) groups is 2. The molecule has 2 heterocycles. The molecule has 1 unspecified atom stereocenters. The molecule has 0 aliphatic carbocycles. The highest BCUT2D eigenvalue weighted by molar-refractivity contribution is 5.87. The van der Waals surface area contributed by atoms with Gasteiger partial charge >= 0.3 is 11.7 Å². The molecule has 1 atom stereocenters. The van der Waals surface area contributed by atoms with Crippen LogP contribution in [0.15, 0.2) is 84.0 Å². The molecule has 5 rings (SSSR count). The van der Waals surface area contributed by atoms with Gasteiger partial charge in [0, 0.05) is 32.3 Å². The molecule has 0 aliphatic heterocycles. The number of imidazole rings is 2. The van der Waals surface area contributed by atoms with Crippen molar-refractivity contribution in [2.75, 3.05) is 7.11 Å². The van der Waals surface area contributed by atoms with Gasteiger partial charge < -0.3 is 19.8 Å². The maximum Gasteiger partial charge on any atom is 0.329 e. The molecule has 40 heavy (non-hydrogen) atoms. The van der Waals surface area contributed by atoms with E-state index in [4.69, 9.17) is 9.47 Å². The monoisotopic (exact) mass is 561 g/mol. The van der Waals surface area contributed by atoms with Gasteiger partial charge in [0.25, 0.3) is 0 Å². The average molecular weight is 562 g/mol. The third-order valence-electron chi connectivity index (χ3n) is 6.47. The van der Waals surface area contributed by atoms with Crippen molar-refractivity contribution in [3.05, 3.63) is 101 Å². The van der Waals surface area contributed by atoms with Gasteiger partial charge in [0.2, 0.25) is 5.91 Å². The van der Waals surface area contributed by atoms with Crippen LogP contribution in [0.3, 0.4) is 0 Å². The molecule has 206 valence electrons. The molecular weight excluding hydrogens is 534 g/mol. The zero-order valence-electron chi connectivity index (χ0n) is 22.1. The Labute approximate surface area is 236 Å². The van der Waals surface area contributed by atoms with Crippen LogP contribution in [0.1, 0.15) is 24.1 Å². The Morgan fingerprint density at radius 3 is 2.40 bits per heavy atom. The minimum Gasteiger partial charge on any atom is -0.493 e. The number of methoxy groups -OCH3 is 1. The van der Waals surface area contributed by atoms with Crippen molar-refractivity contribution in [2.24, 2.45) is 7.05 Å². The molecule has 0 bridgehead atoms. The van der Waals surface area contributed by atoms with E-state index in [0.29, 0.717) is 16.8 Å². The maximum absolute atomic E-state index is 13.8. The molecule has 0 aliphatic rings. The van der Waals surface area contributed by atoms with Crippen molar-refractivity contribution < 1.29 is 19.1 Å². The van der Waals surface area contributed by atoms with Gasteiger partial charge in [-0.1, -0.05) is 42.5 Å². The summed E-state index contributed by atoms with van der Waals surface area (Å²) in [6.45, 7) is 1.47. The van der Waals surface area contributed by atoms with Crippen LogP contribution in [0.25, 0.3) is 22.3 Å². The van der Waals surface area contributed by atoms with Crippen LogP contribution in [-0.2, 0) is 23.2 Å². The predicted molar refractivity (Wildman–Crippen MR) is 153 cm³/mol. The van der Waals surface area contributed by atoms with Gasteiger partial charge in [-0.3, -0.25) is 18.7 Å². The quantitative estimate of drug-likeness (QED) is 0.218. The second-order valence-corrected chi connectivity index (χ2v) is 8.98. The van der Waals surface area contributed by atoms with Crippen molar-refractivity contribution in [3.63, 3.8) is 0 Å². The summed E-state index contributed by atoms with van der Waals surface area (Å²) in [5.74, 6) is -0.162. The summed E-state index contributed by atoms with van der Waals surface area (Å²) in [6.07, 6.45) is 3.39. The molecule has 0 saturated carbocycles. The van der Waals surface area contributed by atoms with Crippen molar-refractivity contribution in [2.45, 2.75) is 19.5 Å². The topological polar surface area (TPSA) is 120 Å². The zero-order chi connectivity index (χ0) is 27.5. The lowest BCUT2D eigenvalue weighted by Crippen LogP contribution is -2.37. The van der Waals surface area contributed by atoms with E-state index in [1.54, 1.807) is 37.8 Å². The Kier molecular flexibility index (Phi) is 8.40. The number of para-hydroxylation sites is 2. The first-order chi connectivity index (χ1) is 18.9. The van der Waals surface area contributed by atoms with E-state index >= 15 is 0 Å². The van der Waals surface area contributed by atoms with Crippen LogP contribution < -0.4 is 20.5 Å². The van der Waals surface area contributed by atoms with Gasteiger partial charge in [-0.15, -0.1) is 12.4 Å². The summed E-state index contributed by atoms with van der Waals surface area (Å²) in [5, 5.41) is 2.96. The van der Waals surface area contributed by atoms with Gasteiger partial charge in [0.05, 0.1) is 30.2 Å². The van der Waals surface area contributed by atoms with E-state index in [-0.39, 0.29) is 36.3 Å². The highest BCUT2D eigenvalue weighted by Crippen LogP contribution is 2.29. The number of aromatic amines is 1. The predicted octanol–water partition coefficient (Wildman–Crippen LogP) is 3.99. The number of hydrogen-bond acceptors (Lipinski definition) is 6. The number of ether oxygens (including phenoxy) is 2. The molecule has 5 aromatic rings. The molecular formula is C29H28ClN5O5. The van der Waals surface area contributed by atoms with Crippen LogP contribution in [-0.4, -0.2) is 38.1 Å². The van der Waals surface area contributed by atoms with Crippen molar-refractivity contribution in [1.82, 2.24) is 24.4 Å². The normalized spacial score (nSPS) is 11.5. The van der Waals surface area contributed by atoms with Crippen molar-refractivity contribution >= 4 is 35.3 Å². The molecule has 2 aromatic heterocycles. The third-order valence-corrected chi connectivity index (χ3v) is 6.47. The molecule has 3 aromatic carbocycles. The van der Waals surface area contributed by atoms with Gasteiger partial charge in [0.1, 0.15) is 6.04 Å². The Hall–Kier alpha value is -4.83. The molecule has 0 fully saturated rings. The van der Waals surface area contributed by atoms with Gasteiger partial charge in [-0.25, -0.2) is 9.78 Å². The van der Waals surface area contributed by atoms with Gasteiger partial charge in [-0.05, 0) is 35.4 Å². The number of amides is 1. The number of aryl methyl sites for hydroxylation is 1. The highest BCUT2D eigenvalue weighted by Gasteiger charge is 2.27. The third kappa shape index (κ3) is 5.48. The number of esters is 1. The van der Waals surface area contributed by atoms with Crippen LogP contribution >= 0.6 is 12.4 Å². The lowest BCUT2D eigenvalue weighted by atomic mass is 10.0. The maximum atomic E-state index is 13.8. The number of H-pyrrole nitrogens is 1. The number of nitrogens with one attached hydrogen (secondary N) is 2. The summed E-state index contributed by atoms with van der Waals surface area (Å²) in [7, 11) is 3.16. The SMILES string of the molecule is COc1cc(CNC(=O)C(c2ccc(-c3c[nH]cn3)cc2)n2c(=O)n(C)c3ccccc32)ccc1OC(C)=O.Cl. The first-order valence-corrected chi connectivity index (χ1v) is 12.3. The van der Waals surface area contributed by atoms with Crippen molar-refractivity contribution in [1.29, 1.82) is 0 Å². The van der Waals surface area contributed by atoms with Gasteiger partial charge in [-0.2, -0.15) is 0 Å². The standard InChI is InChI=1S/C29H27N5O5.ClH/c1-18(35)39-25-13-8-19(14-26(25)38-3)15-31-28(36)27(21-11-9-20(10-12-21)22-16-30-17-32-22)34-24-7-5-4-6-23(24)33(2)29(34)37;/h4-14,16-17,27H,15H2,1-3H3,(H,30,32)(H,31,36);1H.